The van der Waals surface area contributed by atoms with E-state index in [2.05, 4.69) is 49.1 Å². The molecule has 2 rings (SSSR count). The summed E-state index contributed by atoms with van der Waals surface area (Å²) >= 11 is 0. The van der Waals surface area contributed by atoms with Crippen molar-refractivity contribution in [2.24, 2.45) is 5.92 Å². The lowest BCUT2D eigenvalue weighted by Gasteiger charge is -2.36. The number of rotatable bonds is 5. The van der Waals surface area contributed by atoms with Crippen LogP contribution in [0.5, 0.6) is 0 Å². The fraction of sp³-hybridized carbons (Fsp3) is 0.706. The normalized spacial score (nSPS) is 23.1. The van der Waals surface area contributed by atoms with E-state index in [0.29, 0.717) is 12.1 Å². The van der Waals surface area contributed by atoms with Gasteiger partial charge in [-0.15, -0.1) is 0 Å². The molecule has 1 aromatic rings. The molecule has 1 saturated carbocycles. The number of nitrogens with zero attached hydrogens (tertiary/aromatic N) is 2. The third kappa shape index (κ3) is 3.95. The van der Waals surface area contributed by atoms with Gasteiger partial charge < -0.3 is 10.2 Å². The summed E-state index contributed by atoms with van der Waals surface area (Å²) in [6.07, 6.45) is 9.25. The second kappa shape index (κ2) is 7.07. The van der Waals surface area contributed by atoms with Gasteiger partial charge >= 0.3 is 0 Å². The van der Waals surface area contributed by atoms with Crippen LogP contribution in [-0.4, -0.2) is 24.1 Å². The highest BCUT2D eigenvalue weighted by molar-refractivity contribution is 5.52. The first-order chi connectivity index (χ1) is 9.58. The van der Waals surface area contributed by atoms with Gasteiger partial charge in [-0.2, -0.15) is 0 Å². The second-order valence-corrected chi connectivity index (χ2v) is 6.56. The molecule has 0 aromatic carbocycles. The Labute approximate surface area is 123 Å². The van der Waals surface area contributed by atoms with Crippen molar-refractivity contribution in [3.05, 3.63) is 24.0 Å². The van der Waals surface area contributed by atoms with Gasteiger partial charge in [-0.3, -0.25) is 4.98 Å². The Morgan fingerprint density at radius 2 is 2.00 bits per heavy atom. The van der Waals surface area contributed by atoms with Gasteiger partial charge in [0.25, 0.3) is 0 Å². The summed E-state index contributed by atoms with van der Waals surface area (Å²) in [6.45, 7) is 7.67. The average Bonchev–Trinajstić information content (AvgIpc) is 2.45. The molecule has 0 spiro atoms. The van der Waals surface area contributed by atoms with Gasteiger partial charge in [0, 0.05) is 31.9 Å². The Morgan fingerprint density at radius 3 is 2.65 bits per heavy atom. The van der Waals surface area contributed by atoms with Crippen LogP contribution in [0.3, 0.4) is 0 Å². The highest BCUT2D eigenvalue weighted by atomic mass is 15.1. The summed E-state index contributed by atoms with van der Waals surface area (Å²) in [5.41, 5.74) is 2.65. The Morgan fingerprint density at radius 1 is 1.30 bits per heavy atom. The van der Waals surface area contributed by atoms with Crippen molar-refractivity contribution < 1.29 is 0 Å². The molecule has 112 valence electrons. The molecule has 0 amide bonds. The van der Waals surface area contributed by atoms with Crippen molar-refractivity contribution in [2.75, 3.05) is 11.9 Å². The Hall–Kier alpha value is -1.09. The first kappa shape index (κ1) is 15.3. The lowest BCUT2D eigenvalue weighted by molar-refractivity contribution is 0.340. The van der Waals surface area contributed by atoms with Crippen LogP contribution in [0.1, 0.15) is 52.0 Å². The number of hydrogen-bond acceptors (Lipinski definition) is 3. The molecule has 1 aromatic heterocycles. The maximum absolute atomic E-state index is 4.33. The summed E-state index contributed by atoms with van der Waals surface area (Å²) in [5, 5.41) is 3.51. The van der Waals surface area contributed by atoms with Gasteiger partial charge in [0.2, 0.25) is 0 Å². The van der Waals surface area contributed by atoms with Crippen LogP contribution in [0.25, 0.3) is 0 Å². The number of nitrogens with one attached hydrogen (secondary N) is 1. The summed E-state index contributed by atoms with van der Waals surface area (Å²) < 4.78 is 0. The highest BCUT2D eigenvalue weighted by Crippen LogP contribution is 2.30. The molecule has 0 bridgehead atoms. The number of aromatic nitrogens is 1. The molecular weight excluding hydrogens is 246 g/mol. The Bertz CT molecular complexity index is 408. The quantitative estimate of drug-likeness (QED) is 0.890. The Kier molecular flexibility index (Phi) is 5.41. The lowest BCUT2D eigenvalue weighted by Crippen LogP contribution is -2.36. The molecule has 3 heteroatoms. The SMILES string of the molecule is CC1CCC(N(C)c2cnccc2CNC(C)C)CC1. The minimum atomic E-state index is 0.511. The molecule has 1 fully saturated rings. The van der Waals surface area contributed by atoms with E-state index in [4.69, 9.17) is 0 Å². The zero-order valence-corrected chi connectivity index (χ0v) is 13.4. The van der Waals surface area contributed by atoms with Crippen molar-refractivity contribution in [1.82, 2.24) is 10.3 Å². The van der Waals surface area contributed by atoms with Crippen LogP contribution < -0.4 is 10.2 Å². The zero-order valence-electron chi connectivity index (χ0n) is 13.4. The average molecular weight is 275 g/mol. The van der Waals surface area contributed by atoms with E-state index in [1.165, 1.54) is 36.9 Å². The Balaban J connectivity index is 2.06. The summed E-state index contributed by atoms with van der Waals surface area (Å²) in [7, 11) is 2.23. The molecule has 1 N–H and O–H groups in total. The first-order valence-electron chi connectivity index (χ1n) is 7.97. The van der Waals surface area contributed by atoms with E-state index in [1.807, 2.05) is 12.4 Å². The van der Waals surface area contributed by atoms with Crippen molar-refractivity contribution >= 4 is 5.69 Å². The third-order valence-electron chi connectivity index (χ3n) is 4.50. The molecule has 3 nitrogen and oxygen atoms in total. The molecule has 20 heavy (non-hydrogen) atoms. The third-order valence-corrected chi connectivity index (χ3v) is 4.50. The highest BCUT2D eigenvalue weighted by Gasteiger charge is 2.23. The fourth-order valence-corrected chi connectivity index (χ4v) is 3.02. The van der Waals surface area contributed by atoms with Crippen LogP contribution in [0.15, 0.2) is 18.5 Å². The molecule has 0 atom stereocenters. The minimum absolute atomic E-state index is 0.511. The second-order valence-electron chi connectivity index (χ2n) is 6.56. The molecule has 1 heterocycles. The summed E-state index contributed by atoms with van der Waals surface area (Å²) in [4.78, 5) is 6.79. The zero-order chi connectivity index (χ0) is 14.5. The predicted molar refractivity (Wildman–Crippen MR) is 86.0 cm³/mol. The van der Waals surface area contributed by atoms with Crippen molar-refractivity contribution in [1.29, 1.82) is 0 Å². The molecule has 0 radical (unpaired) electrons. The molecule has 0 aliphatic heterocycles. The lowest BCUT2D eigenvalue weighted by atomic mass is 9.86. The van der Waals surface area contributed by atoms with Crippen LogP contribution >= 0.6 is 0 Å². The van der Waals surface area contributed by atoms with Crippen molar-refractivity contribution in [3.8, 4) is 0 Å². The first-order valence-corrected chi connectivity index (χ1v) is 7.97. The van der Waals surface area contributed by atoms with Crippen LogP contribution in [-0.2, 0) is 6.54 Å². The van der Waals surface area contributed by atoms with Crippen LogP contribution in [0.2, 0.25) is 0 Å². The maximum Gasteiger partial charge on any atom is 0.0598 e. The largest absolute Gasteiger partial charge is 0.370 e. The van der Waals surface area contributed by atoms with Crippen LogP contribution in [0.4, 0.5) is 5.69 Å². The molecule has 0 saturated heterocycles. The van der Waals surface area contributed by atoms with E-state index < -0.39 is 0 Å². The van der Waals surface area contributed by atoms with E-state index in [-0.39, 0.29) is 0 Å². The van der Waals surface area contributed by atoms with Gasteiger partial charge in [-0.25, -0.2) is 0 Å². The predicted octanol–water partition coefficient (Wildman–Crippen LogP) is 3.59. The van der Waals surface area contributed by atoms with Crippen molar-refractivity contribution in [3.63, 3.8) is 0 Å². The van der Waals surface area contributed by atoms with E-state index in [9.17, 15) is 0 Å². The molecule has 1 aliphatic rings. The molecule has 1 aliphatic carbocycles. The number of hydrogen-bond donors (Lipinski definition) is 1. The summed E-state index contributed by atoms with van der Waals surface area (Å²) in [6, 6.07) is 3.33. The maximum atomic E-state index is 4.33. The fourth-order valence-electron chi connectivity index (χ4n) is 3.02. The molecule has 0 unspecified atom stereocenters. The van der Waals surface area contributed by atoms with Crippen LogP contribution in [0, 0.1) is 5.92 Å². The van der Waals surface area contributed by atoms with Gasteiger partial charge in [0.15, 0.2) is 0 Å². The van der Waals surface area contributed by atoms with Crippen molar-refractivity contribution in [2.45, 2.75) is 65.1 Å². The van der Waals surface area contributed by atoms with Gasteiger partial charge in [-0.05, 0) is 43.2 Å². The van der Waals surface area contributed by atoms with Gasteiger partial charge in [-0.1, -0.05) is 20.8 Å². The van der Waals surface area contributed by atoms with E-state index in [0.717, 1.165) is 12.5 Å². The minimum Gasteiger partial charge on any atom is -0.370 e. The van der Waals surface area contributed by atoms with Gasteiger partial charge in [0.05, 0.1) is 11.9 Å². The number of anilines is 1. The van der Waals surface area contributed by atoms with E-state index >= 15 is 0 Å². The smallest absolute Gasteiger partial charge is 0.0598 e. The summed E-state index contributed by atoms with van der Waals surface area (Å²) in [5.74, 6) is 0.899. The topological polar surface area (TPSA) is 28.2 Å². The van der Waals surface area contributed by atoms with Gasteiger partial charge in [0.1, 0.15) is 0 Å². The molecular formula is C17H29N3. The van der Waals surface area contributed by atoms with E-state index in [1.54, 1.807) is 0 Å². The number of pyridine rings is 1. The standard InChI is InChI=1S/C17H29N3/c1-13(2)19-11-15-9-10-18-12-17(15)20(4)16-7-5-14(3)6-8-16/h9-10,12-14,16,19H,5-8,11H2,1-4H3. The monoisotopic (exact) mass is 275 g/mol.